The van der Waals surface area contributed by atoms with E-state index in [0.717, 1.165) is 0 Å². The normalized spacial score (nSPS) is 14.1. The van der Waals surface area contributed by atoms with Gasteiger partial charge in [-0.15, -0.1) is 0 Å². The van der Waals surface area contributed by atoms with Gasteiger partial charge in [0.2, 0.25) is 0 Å². The molecule has 0 saturated heterocycles. The molecule has 0 radical (unpaired) electrons. The SMILES string of the molecule is Cc1ccc2c(ccc3cc(-c4cccc(-c5ccccc5C)c4C4CCC4)ccc32)c1. The Hall–Kier alpha value is -3.38. The van der Waals surface area contributed by atoms with Crippen LogP contribution in [0.2, 0.25) is 0 Å². The number of aryl methyl sites for hydroxylation is 2. The largest absolute Gasteiger partial charge is 0.0620 e. The lowest BCUT2D eigenvalue weighted by atomic mass is 9.73. The molecule has 156 valence electrons. The van der Waals surface area contributed by atoms with E-state index in [9.17, 15) is 0 Å². The molecule has 5 aromatic rings. The van der Waals surface area contributed by atoms with E-state index < -0.39 is 0 Å². The Morgan fingerprint density at radius 3 is 2.03 bits per heavy atom. The Balaban J connectivity index is 1.56. The summed E-state index contributed by atoms with van der Waals surface area (Å²) in [6.45, 7) is 4.39. The molecule has 6 rings (SSSR count). The number of benzene rings is 5. The minimum Gasteiger partial charge on any atom is -0.0620 e. The zero-order chi connectivity index (χ0) is 21.7. The van der Waals surface area contributed by atoms with E-state index >= 15 is 0 Å². The minimum absolute atomic E-state index is 0.663. The van der Waals surface area contributed by atoms with Crippen LogP contribution >= 0.6 is 0 Å². The van der Waals surface area contributed by atoms with Crippen molar-refractivity contribution < 1.29 is 0 Å². The summed E-state index contributed by atoms with van der Waals surface area (Å²) in [4.78, 5) is 0. The van der Waals surface area contributed by atoms with Crippen molar-refractivity contribution in [2.75, 3.05) is 0 Å². The van der Waals surface area contributed by atoms with Crippen molar-refractivity contribution in [2.45, 2.75) is 39.0 Å². The molecule has 0 aliphatic heterocycles. The molecule has 0 bridgehead atoms. The Kier molecular flexibility index (Phi) is 4.61. The van der Waals surface area contributed by atoms with Gasteiger partial charge in [0.05, 0.1) is 0 Å². The molecule has 32 heavy (non-hydrogen) atoms. The highest BCUT2D eigenvalue weighted by Gasteiger charge is 2.26. The molecule has 0 N–H and O–H groups in total. The molecule has 0 spiro atoms. The van der Waals surface area contributed by atoms with Crippen molar-refractivity contribution in [3.63, 3.8) is 0 Å². The predicted molar refractivity (Wildman–Crippen MR) is 138 cm³/mol. The van der Waals surface area contributed by atoms with Gasteiger partial charge >= 0.3 is 0 Å². The number of fused-ring (bicyclic) bond motifs is 3. The molecule has 1 saturated carbocycles. The van der Waals surface area contributed by atoms with Gasteiger partial charge in [0.15, 0.2) is 0 Å². The first-order valence-electron chi connectivity index (χ1n) is 11.8. The Morgan fingerprint density at radius 1 is 0.594 bits per heavy atom. The lowest BCUT2D eigenvalue weighted by Gasteiger charge is -2.31. The molecule has 0 atom stereocenters. The van der Waals surface area contributed by atoms with Crippen molar-refractivity contribution in [1.82, 2.24) is 0 Å². The number of hydrogen-bond acceptors (Lipinski definition) is 0. The predicted octanol–water partition coefficient (Wildman–Crippen LogP) is 9.21. The van der Waals surface area contributed by atoms with Crippen LogP contribution in [0.4, 0.5) is 0 Å². The Labute approximate surface area is 190 Å². The highest BCUT2D eigenvalue weighted by molar-refractivity contribution is 6.08. The van der Waals surface area contributed by atoms with Crippen molar-refractivity contribution in [3.05, 3.63) is 108 Å². The van der Waals surface area contributed by atoms with Crippen molar-refractivity contribution >= 4 is 21.5 Å². The molecular weight excluding hydrogens is 384 g/mol. The summed E-state index contributed by atoms with van der Waals surface area (Å²) in [5.41, 5.74) is 9.74. The zero-order valence-electron chi connectivity index (χ0n) is 18.9. The van der Waals surface area contributed by atoms with Gasteiger partial charge in [-0.05, 0) is 93.6 Å². The third kappa shape index (κ3) is 3.14. The molecule has 0 unspecified atom stereocenters. The molecule has 0 amide bonds. The average molecular weight is 413 g/mol. The summed E-state index contributed by atoms with van der Waals surface area (Å²) in [5.74, 6) is 0.663. The summed E-state index contributed by atoms with van der Waals surface area (Å²) in [6.07, 6.45) is 3.94. The second-order valence-corrected chi connectivity index (χ2v) is 9.44. The van der Waals surface area contributed by atoms with Crippen molar-refractivity contribution in [3.8, 4) is 22.3 Å². The fourth-order valence-corrected chi connectivity index (χ4v) is 5.42. The van der Waals surface area contributed by atoms with Crippen LogP contribution in [0.25, 0.3) is 43.8 Å². The molecule has 0 heterocycles. The van der Waals surface area contributed by atoms with E-state index in [1.165, 1.54) is 74.2 Å². The van der Waals surface area contributed by atoms with Crippen LogP contribution in [-0.4, -0.2) is 0 Å². The summed E-state index contributed by atoms with van der Waals surface area (Å²) in [5, 5.41) is 5.32. The lowest BCUT2D eigenvalue weighted by Crippen LogP contribution is -2.11. The van der Waals surface area contributed by atoms with Crippen molar-refractivity contribution in [1.29, 1.82) is 0 Å². The van der Waals surface area contributed by atoms with Crippen LogP contribution in [0.15, 0.2) is 91.0 Å². The molecule has 1 fully saturated rings. The maximum atomic E-state index is 2.40. The number of hydrogen-bond donors (Lipinski definition) is 0. The molecule has 1 aliphatic rings. The molecule has 0 aromatic heterocycles. The smallest absolute Gasteiger partial charge is 0.0105 e. The van der Waals surface area contributed by atoms with Gasteiger partial charge in [-0.1, -0.05) is 96.9 Å². The molecule has 0 nitrogen and oxygen atoms in total. The molecule has 0 heteroatoms. The topological polar surface area (TPSA) is 0 Å². The maximum absolute atomic E-state index is 2.40. The second-order valence-electron chi connectivity index (χ2n) is 9.44. The van der Waals surface area contributed by atoms with Crippen LogP contribution < -0.4 is 0 Å². The molecule has 1 aliphatic carbocycles. The minimum atomic E-state index is 0.663. The second kappa shape index (κ2) is 7.64. The zero-order valence-corrected chi connectivity index (χ0v) is 18.9. The van der Waals surface area contributed by atoms with Crippen molar-refractivity contribution in [2.24, 2.45) is 0 Å². The fourth-order valence-electron chi connectivity index (χ4n) is 5.42. The lowest BCUT2D eigenvalue weighted by molar-refractivity contribution is 0.421. The van der Waals surface area contributed by atoms with Crippen LogP contribution in [-0.2, 0) is 0 Å². The highest BCUT2D eigenvalue weighted by atomic mass is 14.3. The standard InChI is InChI=1S/C32H28/c1-21-13-17-28-24(19-21)14-15-25-20-26(16-18-29(25)28)30-11-6-12-31(32(30)23-8-5-9-23)27-10-4-3-7-22(27)2/h3-4,6-7,10-20,23H,5,8-9H2,1-2H3. The summed E-state index contributed by atoms with van der Waals surface area (Å²) < 4.78 is 0. The first kappa shape index (κ1) is 19.3. The van der Waals surface area contributed by atoms with E-state index in [0.29, 0.717) is 5.92 Å². The molecule has 5 aromatic carbocycles. The summed E-state index contributed by atoms with van der Waals surface area (Å²) in [6, 6.07) is 34.1. The van der Waals surface area contributed by atoms with Gasteiger partial charge in [-0.3, -0.25) is 0 Å². The Bertz CT molecular complexity index is 1470. The van der Waals surface area contributed by atoms with Gasteiger partial charge in [-0.2, -0.15) is 0 Å². The molecular formula is C32H28. The van der Waals surface area contributed by atoms with Gasteiger partial charge in [0.1, 0.15) is 0 Å². The Morgan fingerprint density at radius 2 is 1.28 bits per heavy atom. The van der Waals surface area contributed by atoms with Gasteiger partial charge in [-0.25, -0.2) is 0 Å². The average Bonchev–Trinajstić information content (AvgIpc) is 2.78. The quantitative estimate of drug-likeness (QED) is 0.259. The maximum Gasteiger partial charge on any atom is -0.0105 e. The third-order valence-corrected chi connectivity index (χ3v) is 7.36. The third-order valence-electron chi connectivity index (χ3n) is 7.36. The van der Waals surface area contributed by atoms with E-state index in [4.69, 9.17) is 0 Å². The number of rotatable bonds is 3. The van der Waals surface area contributed by atoms with Gasteiger partial charge < -0.3 is 0 Å². The first-order chi connectivity index (χ1) is 15.7. The van der Waals surface area contributed by atoms with Gasteiger partial charge in [0, 0.05) is 0 Å². The summed E-state index contributed by atoms with van der Waals surface area (Å²) in [7, 11) is 0. The summed E-state index contributed by atoms with van der Waals surface area (Å²) >= 11 is 0. The van der Waals surface area contributed by atoms with Crippen LogP contribution in [0, 0.1) is 13.8 Å². The van der Waals surface area contributed by atoms with E-state index in [1.807, 2.05) is 0 Å². The van der Waals surface area contributed by atoms with Crippen LogP contribution in [0.1, 0.15) is 41.9 Å². The van der Waals surface area contributed by atoms with E-state index in [1.54, 1.807) is 5.56 Å². The highest BCUT2D eigenvalue weighted by Crippen LogP contribution is 2.46. The fraction of sp³-hybridized carbons (Fsp3) is 0.188. The monoisotopic (exact) mass is 412 g/mol. The van der Waals surface area contributed by atoms with E-state index in [2.05, 4.69) is 105 Å². The van der Waals surface area contributed by atoms with Crippen LogP contribution in [0.3, 0.4) is 0 Å². The van der Waals surface area contributed by atoms with Gasteiger partial charge in [0.25, 0.3) is 0 Å². The van der Waals surface area contributed by atoms with E-state index in [-0.39, 0.29) is 0 Å². The first-order valence-corrected chi connectivity index (χ1v) is 11.8. The van der Waals surface area contributed by atoms with Crippen LogP contribution in [0.5, 0.6) is 0 Å².